The number of amides is 1. The first-order valence-electron chi connectivity index (χ1n) is 8.53. The Morgan fingerprint density at radius 3 is 2.44 bits per heavy atom. The summed E-state index contributed by atoms with van der Waals surface area (Å²) in [6.07, 6.45) is 0.776. The molecule has 1 unspecified atom stereocenters. The van der Waals surface area contributed by atoms with E-state index in [9.17, 15) is 13.4 Å². The largest absolute Gasteiger partial charge is 0.497 e. The second kappa shape index (κ2) is 10.1. The number of hydrogen-bond donors (Lipinski definition) is 0. The van der Waals surface area contributed by atoms with Gasteiger partial charge in [-0.25, -0.2) is 4.39 Å². The van der Waals surface area contributed by atoms with Crippen molar-refractivity contribution in [3.05, 3.63) is 53.8 Å². The predicted octanol–water partition coefficient (Wildman–Crippen LogP) is 3.39. The van der Waals surface area contributed by atoms with E-state index in [-0.39, 0.29) is 24.7 Å². The van der Waals surface area contributed by atoms with Crippen molar-refractivity contribution in [2.75, 3.05) is 27.0 Å². The van der Waals surface area contributed by atoms with Crippen LogP contribution in [0.3, 0.4) is 0 Å². The van der Waals surface area contributed by atoms with E-state index in [1.165, 1.54) is 24.1 Å². The van der Waals surface area contributed by atoms with Crippen molar-refractivity contribution in [1.82, 2.24) is 4.90 Å². The van der Waals surface area contributed by atoms with Gasteiger partial charge < -0.3 is 14.4 Å². The molecule has 0 bridgehead atoms. The molecule has 0 aliphatic carbocycles. The zero-order valence-corrected chi connectivity index (χ0v) is 16.6. The Hall–Kier alpha value is -2.41. The van der Waals surface area contributed by atoms with Crippen LogP contribution in [-0.4, -0.2) is 42.0 Å². The Morgan fingerprint density at radius 2 is 1.81 bits per heavy atom. The molecule has 1 atom stereocenters. The summed E-state index contributed by atoms with van der Waals surface area (Å²) in [5, 5.41) is 0. The highest BCUT2D eigenvalue weighted by Gasteiger charge is 2.14. The van der Waals surface area contributed by atoms with Crippen LogP contribution in [0.15, 0.2) is 47.4 Å². The Bertz CT molecular complexity index is 795. The summed E-state index contributed by atoms with van der Waals surface area (Å²) < 4.78 is 36.0. The molecule has 0 saturated carbocycles. The number of carbonyl (C=O) groups is 1. The van der Waals surface area contributed by atoms with Gasteiger partial charge in [-0.1, -0.05) is 0 Å². The van der Waals surface area contributed by atoms with E-state index < -0.39 is 10.8 Å². The first kappa shape index (κ1) is 20.9. The summed E-state index contributed by atoms with van der Waals surface area (Å²) in [5.41, 5.74) is 0.607. The van der Waals surface area contributed by atoms with Gasteiger partial charge in [0.2, 0.25) is 5.91 Å². The van der Waals surface area contributed by atoms with Crippen LogP contribution in [0.2, 0.25) is 0 Å². The van der Waals surface area contributed by atoms with Gasteiger partial charge in [0.25, 0.3) is 0 Å². The smallest absolute Gasteiger partial charge is 0.222 e. The van der Waals surface area contributed by atoms with Crippen LogP contribution in [0, 0.1) is 5.82 Å². The van der Waals surface area contributed by atoms with Gasteiger partial charge in [0, 0.05) is 36.2 Å². The van der Waals surface area contributed by atoms with E-state index in [2.05, 4.69) is 0 Å². The first-order chi connectivity index (χ1) is 12.9. The molecular formula is C20H24FNO4S. The molecule has 1 amide bonds. The number of hydrogen-bond acceptors (Lipinski definition) is 4. The van der Waals surface area contributed by atoms with Crippen LogP contribution in [0.1, 0.15) is 18.4 Å². The van der Waals surface area contributed by atoms with Crippen LogP contribution in [0.25, 0.3) is 0 Å². The zero-order valence-electron chi connectivity index (χ0n) is 15.7. The molecule has 0 saturated heterocycles. The third kappa shape index (κ3) is 6.06. The SMILES string of the molecule is COc1ccc(S(=O)CCCC(=O)N(C)Cc2cc(F)ccc2OC)cc1. The van der Waals surface area contributed by atoms with E-state index in [0.29, 0.717) is 34.1 Å². The third-order valence-electron chi connectivity index (χ3n) is 4.12. The molecule has 0 fully saturated rings. The minimum Gasteiger partial charge on any atom is -0.497 e. The molecule has 0 N–H and O–H groups in total. The van der Waals surface area contributed by atoms with Crippen LogP contribution in [-0.2, 0) is 22.1 Å². The molecule has 2 aromatic carbocycles. The maximum atomic E-state index is 13.4. The molecule has 0 heterocycles. The van der Waals surface area contributed by atoms with Gasteiger partial charge in [-0.15, -0.1) is 0 Å². The number of carbonyl (C=O) groups excluding carboxylic acids is 1. The number of rotatable bonds is 9. The molecule has 0 spiro atoms. The number of ether oxygens (including phenoxy) is 2. The third-order valence-corrected chi connectivity index (χ3v) is 5.58. The Labute approximate surface area is 161 Å². The van der Waals surface area contributed by atoms with Gasteiger partial charge in [0.05, 0.1) is 25.0 Å². The lowest BCUT2D eigenvalue weighted by Gasteiger charge is -2.19. The first-order valence-corrected chi connectivity index (χ1v) is 9.85. The number of benzene rings is 2. The summed E-state index contributed by atoms with van der Waals surface area (Å²) in [6, 6.07) is 11.3. The lowest BCUT2D eigenvalue weighted by atomic mass is 10.1. The minimum absolute atomic E-state index is 0.0898. The molecule has 0 aliphatic rings. The van der Waals surface area contributed by atoms with Gasteiger partial charge in [0.15, 0.2) is 0 Å². The normalized spacial score (nSPS) is 11.7. The van der Waals surface area contributed by atoms with Gasteiger partial charge in [-0.3, -0.25) is 9.00 Å². The molecule has 27 heavy (non-hydrogen) atoms. The van der Waals surface area contributed by atoms with Crippen molar-refractivity contribution in [1.29, 1.82) is 0 Å². The van der Waals surface area contributed by atoms with E-state index in [1.54, 1.807) is 44.5 Å². The molecule has 2 rings (SSSR count). The maximum Gasteiger partial charge on any atom is 0.222 e. The van der Waals surface area contributed by atoms with Gasteiger partial charge in [-0.2, -0.15) is 0 Å². The van der Waals surface area contributed by atoms with Gasteiger partial charge >= 0.3 is 0 Å². The van der Waals surface area contributed by atoms with Crippen LogP contribution < -0.4 is 9.47 Å². The molecule has 0 radical (unpaired) electrons. The average Bonchev–Trinajstić information content (AvgIpc) is 2.68. The van der Waals surface area contributed by atoms with Crippen LogP contribution >= 0.6 is 0 Å². The standard InChI is InChI=1S/C20H24FNO4S/c1-22(14-15-13-16(21)6-11-19(15)26-3)20(23)5-4-12-27(24)18-9-7-17(25-2)8-10-18/h6-11,13H,4-5,12,14H2,1-3H3. The summed E-state index contributed by atoms with van der Waals surface area (Å²) in [6.45, 7) is 0.251. The van der Waals surface area contributed by atoms with E-state index in [0.717, 1.165) is 0 Å². The molecule has 7 heteroatoms. The lowest BCUT2D eigenvalue weighted by Crippen LogP contribution is -2.26. The van der Waals surface area contributed by atoms with Gasteiger partial charge in [-0.05, 0) is 48.9 Å². The highest BCUT2D eigenvalue weighted by atomic mass is 32.2. The van der Waals surface area contributed by atoms with Crippen molar-refractivity contribution >= 4 is 16.7 Å². The van der Waals surface area contributed by atoms with Crippen molar-refractivity contribution in [2.45, 2.75) is 24.3 Å². The summed E-state index contributed by atoms with van der Waals surface area (Å²) in [7, 11) is 3.58. The molecular weight excluding hydrogens is 369 g/mol. The summed E-state index contributed by atoms with van der Waals surface area (Å²) in [5.74, 6) is 1.18. The average molecular weight is 393 g/mol. The Balaban J connectivity index is 1.84. The molecule has 2 aromatic rings. The van der Waals surface area contributed by atoms with Crippen molar-refractivity contribution < 1.29 is 22.9 Å². The number of halogens is 1. The fourth-order valence-electron chi connectivity index (χ4n) is 2.61. The van der Waals surface area contributed by atoms with E-state index in [4.69, 9.17) is 9.47 Å². The van der Waals surface area contributed by atoms with Crippen LogP contribution in [0.5, 0.6) is 11.5 Å². The molecule has 146 valence electrons. The molecule has 0 aliphatic heterocycles. The lowest BCUT2D eigenvalue weighted by molar-refractivity contribution is -0.130. The Morgan fingerprint density at radius 1 is 1.11 bits per heavy atom. The molecule has 0 aromatic heterocycles. The van der Waals surface area contributed by atoms with Crippen molar-refractivity contribution in [3.63, 3.8) is 0 Å². The summed E-state index contributed by atoms with van der Waals surface area (Å²) in [4.78, 5) is 14.5. The monoisotopic (exact) mass is 393 g/mol. The van der Waals surface area contributed by atoms with Crippen LogP contribution in [0.4, 0.5) is 4.39 Å². The summed E-state index contributed by atoms with van der Waals surface area (Å²) >= 11 is 0. The second-order valence-corrected chi connectivity index (χ2v) is 7.61. The van der Waals surface area contributed by atoms with E-state index in [1.807, 2.05) is 0 Å². The van der Waals surface area contributed by atoms with Gasteiger partial charge in [0.1, 0.15) is 17.3 Å². The van der Waals surface area contributed by atoms with Crippen molar-refractivity contribution in [2.24, 2.45) is 0 Å². The number of nitrogens with zero attached hydrogens (tertiary/aromatic N) is 1. The predicted molar refractivity (Wildman–Crippen MR) is 103 cm³/mol. The maximum absolute atomic E-state index is 13.4. The second-order valence-electron chi connectivity index (χ2n) is 6.03. The highest BCUT2D eigenvalue weighted by Crippen LogP contribution is 2.21. The highest BCUT2D eigenvalue weighted by molar-refractivity contribution is 7.85. The fraction of sp³-hybridized carbons (Fsp3) is 0.350. The minimum atomic E-state index is -1.17. The topological polar surface area (TPSA) is 55.8 Å². The molecule has 5 nitrogen and oxygen atoms in total. The quantitative estimate of drug-likeness (QED) is 0.655. The van der Waals surface area contributed by atoms with E-state index >= 15 is 0 Å². The Kier molecular flexibility index (Phi) is 7.79. The fourth-order valence-corrected chi connectivity index (χ4v) is 3.69. The zero-order chi connectivity index (χ0) is 19.8. The van der Waals surface area contributed by atoms with Crippen molar-refractivity contribution in [3.8, 4) is 11.5 Å². The number of methoxy groups -OCH3 is 2.